The van der Waals surface area contributed by atoms with E-state index in [-0.39, 0.29) is 43.0 Å². The number of nitrogens with two attached hydrogens (primary N) is 1. The molecule has 0 aromatic heterocycles. The first kappa shape index (κ1) is 29.3. The van der Waals surface area contributed by atoms with E-state index in [9.17, 15) is 23.2 Å². The molecule has 3 N–H and O–H groups in total. The van der Waals surface area contributed by atoms with Gasteiger partial charge in [0.1, 0.15) is 29.5 Å². The van der Waals surface area contributed by atoms with Crippen LogP contribution >= 0.6 is 0 Å². The number of piperidine rings is 2. The minimum atomic E-state index is -0.660. The minimum Gasteiger partial charge on any atom is -0.489 e. The summed E-state index contributed by atoms with van der Waals surface area (Å²) in [6, 6.07) is 18.5. The van der Waals surface area contributed by atoms with E-state index in [2.05, 4.69) is 5.32 Å². The van der Waals surface area contributed by atoms with Crippen LogP contribution in [0.25, 0.3) is 0 Å². The zero-order chi connectivity index (χ0) is 29.6. The lowest BCUT2D eigenvalue weighted by atomic mass is 10.0. The fraction of sp³-hybridized carbons (Fsp3) is 0.344. The molecule has 0 bridgehead atoms. The number of carbonyl (C=O) groups is 3. The van der Waals surface area contributed by atoms with Gasteiger partial charge in [-0.25, -0.2) is 8.78 Å². The van der Waals surface area contributed by atoms with Gasteiger partial charge >= 0.3 is 0 Å². The maximum Gasteiger partial charge on any atom is 0.255 e. The summed E-state index contributed by atoms with van der Waals surface area (Å²) in [6.07, 6.45) is 2.03. The molecule has 220 valence electrons. The van der Waals surface area contributed by atoms with Crippen LogP contribution in [0.2, 0.25) is 0 Å². The van der Waals surface area contributed by atoms with E-state index in [1.807, 2.05) is 41.3 Å². The van der Waals surface area contributed by atoms with Crippen LogP contribution in [0, 0.1) is 11.6 Å². The van der Waals surface area contributed by atoms with Crippen molar-refractivity contribution in [2.75, 3.05) is 13.1 Å². The first-order chi connectivity index (χ1) is 20.3. The van der Waals surface area contributed by atoms with Gasteiger partial charge in [-0.3, -0.25) is 24.6 Å². The number of carbonyl (C=O) groups excluding carboxylic acids is 3. The normalized spacial score (nSPS) is 20.5. The summed E-state index contributed by atoms with van der Waals surface area (Å²) in [5, 5.41) is 2.30. The summed E-state index contributed by atoms with van der Waals surface area (Å²) in [7, 11) is 0. The van der Waals surface area contributed by atoms with Crippen molar-refractivity contribution in [1.29, 1.82) is 0 Å². The molecule has 2 fully saturated rings. The molecule has 3 aromatic rings. The van der Waals surface area contributed by atoms with Gasteiger partial charge in [0, 0.05) is 43.7 Å². The molecule has 3 aromatic carbocycles. The number of fused-ring (bicyclic) bond motifs is 1. The van der Waals surface area contributed by atoms with Gasteiger partial charge in [0.15, 0.2) is 0 Å². The molecule has 3 aliphatic heterocycles. The van der Waals surface area contributed by atoms with E-state index < -0.39 is 23.6 Å². The molecular formula is C32H34F2N4O4. The lowest BCUT2D eigenvalue weighted by Gasteiger charge is -2.33. The summed E-state index contributed by atoms with van der Waals surface area (Å²) < 4.78 is 34.3. The van der Waals surface area contributed by atoms with Crippen LogP contribution in [-0.2, 0) is 29.2 Å². The highest BCUT2D eigenvalue weighted by Crippen LogP contribution is 2.31. The highest BCUT2D eigenvalue weighted by molar-refractivity contribution is 6.05. The van der Waals surface area contributed by atoms with Gasteiger partial charge in [0.2, 0.25) is 11.8 Å². The van der Waals surface area contributed by atoms with Crippen LogP contribution < -0.4 is 15.8 Å². The Bertz CT molecular complexity index is 1430. The molecule has 0 radical (unpaired) electrons. The third-order valence-corrected chi connectivity index (χ3v) is 7.78. The number of likely N-dealkylation sites (tertiary alicyclic amines) is 1. The number of nitrogens with zero attached hydrogens (tertiary/aromatic N) is 2. The number of hydrogen-bond donors (Lipinski definition) is 2. The highest BCUT2D eigenvalue weighted by Gasteiger charge is 2.39. The highest BCUT2D eigenvalue weighted by atomic mass is 19.1. The summed E-state index contributed by atoms with van der Waals surface area (Å²) in [6.45, 7) is 2.36. The van der Waals surface area contributed by atoms with Gasteiger partial charge in [-0.1, -0.05) is 36.4 Å². The van der Waals surface area contributed by atoms with Gasteiger partial charge in [0.25, 0.3) is 5.91 Å². The predicted octanol–water partition coefficient (Wildman–Crippen LogP) is 3.91. The Labute approximate surface area is 243 Å². The van der Waals surface area contributed by atoms with E-state index in [0.717, 1.165) is 24.9 Å². The molecule has 3 heterocycles. The number of imide groups is 1. The van der Waals surface area contributed by atoms with Gasteiger partial charge in [-0.05, 0) is 67.3 Å². The maximum absolute atomic E-state index is 14.0. The number of amides is 3. The van der Waals surface area contributed by atoms with Crippen molar-refractivity contribution in [1.82, 2.24) is 15.1 Å². The van der Waals surface area contributed by atoms with Gasteiger partial charge in [0.05, 0.1) is 0 Å². The zero-order valence-electron chi connectivity index (χ0n) is 23.2. The standard InChI is InChI=1S/C25H25F2N3O4.C7H9N/c26-20-4-1-5-21(27)19(20)14-29-10-2-3-17(13-29)34-16-6-7-18-15(11-16)12-30(25(18)33)22-8-9-23(31)28-24(22)32;8-6-7-4-2-1-3-5-7/h1,4-7,11,17,22H,2-3,8-10,12-14H2,(H,28,31,32);1-5H,6,8H2. The maximum atomic E-state index is 14.0. The molecule has 0 saturated carbocycles. The summed E-state index contributed by atoms with van der Waals surface area (Å²) in [4.78, 5) is 40.0. The lowest BCUT2D eigenvalue weighted by Crippen LogP contribution is -2.52. The van der Waals surface area contributed by atoms with Crippen molar-refractivity contribution in [3.8, 4) is 5.75 Å². The predicted molar refractivity (Wildman–Crippen MR) is 152 cm³/mol. The third-order valence-electron chi connectivity index (χ3n) is 7.78. The second-order valence-electron chi connectivity index (χ2n) is 10.7. The Morgan fingerprint density at radius 1 is 0.952 bits per heavy atom. The molecule has 2 atom stereocenters. The van der Waals surface area contributed by atoms with Crippen LogP contribution in [0.5, 0.6) is 5.75 Å². The first-order valence-corrected chi connectivity index (χ1v) is 14.2. The van der Waals surface area contributed by atoms with Crippen LogP contribution in [-0.4, -0.2) is 52.8 Å². The largest absolute Gasteiger partial charge is 0.489 e. The molecule has 0 spiro atoms. The minimum absolute atomic E-state index is 0.0627. The summed E-state index contributed by atoms with van der Waals surface area (Å²) in [5.74, 6) is -1.48. The Kier molecular flexibility index (Phi) is 9.24. The van der Waals surface area contributed by atoms with Crippen molar-refractivity contribution in [3.05, 3.63) is 101 Å². The van der Waals surface area contributed by atoms with Crippen molar-refractivity contribution in [3.63, 3.8) is 0 Å². The number of halogens is 2. The Balaban J connectivity index is 0.000000382. The van der Waals surface area contributed by atoms with E-state index >= 15 is 0 Å². The number of nitrogens with one attached hydrogen (secondary N) is 1. The molecule has 2 unspecified atom stereocenters. The third kappa shape index (κ3) is 6.83. The van der Waals surface area contributed by atoms with E-state index in [4.69, 9.17) is 10.5 Å². The van der Waals surface area contributed by atoms with Crippen molar-refractivity contribution in [2.24, 2.45) is 5.73 Å². The van der Waals surface area contributed by atoms with Gasteiger partial charge in [-0.2, -0.15) is 0 Å². The van der Waals surface area contributed by atoms with Crippen LogP contribution in [0.15, 0.2) is 66.7 Å². The Morgan fingerprint density at radius 3 is 2.40 bits per heavy atom. The average Bonchev–Trinajstić information content (AvgIpc) is 3.31. The fourth-order valence-electron chi connectivity index (χ4n) is 5.59. The first-order valence-electron chi connectivity index (χ1n) is 14.2. The summed E-state index contributed by atoms with van der Waals surface area (Å²) >= 11 is 0. The van der Waals surface area contributed by atoms with Gasteiger partial charge < -0.3 is 15.4 Å². The SMILES string of the molecule is NCc1ccccc1.O=C1CCC(N2Cc3cc(OC4CCCN(Cc5c(F)cccc5F)C4)ccc3C2=O)C(=O)N1. The van der Waals surface area contributed by atoms with Crippen molar-refractivity contribution >= 4 is 17.7 Å². The Morgan fingerprint density at radius 2 is 1.71 bits per heavy atom. The monoisotopic (exact) mass is 576 g/mol. The molecule has 2 saturated heterocycles. The second-order valence-corrected chi connectivity index (χ2v) is 10.7. The Hall–Kier alpha value is -4.15. The number of benzene rings is 3. The molecular weight excluding hydrogens is 542 g/mol. The molecule has 3 aliphatic rings. The molecule has 42 heavy (non-hydrogen) atoms. The van der Waals surface area contributed by atoms with Crippen LogP contribution in [0.1, 0.15) is 52.7 Å². The van der Waals surface area contributed by atoms with E-state index in [1.165, 1.54) is 28.7 Å². The van der Waals surface area contributed by atoms with Crippen molar-refractivity contribution < 1.29 is 27.9 Å². The average molecular weight is 577 g/mol. The van der Waals surface area contributed by atoms with E-state index in [0.29, 0.717) is 30.8 Å². The zero-order valence-corrected chi connectivity index (χ0v) is 23.2. The van der Waals surface area contributed by atoms with E-state index in [1.54, 1.807) is 12.1 Å². The number of ether oxygens (including phenoxy) is 1. The second kappa shape index (κ2) is 13.2. The van der Waals surface area contributed by atoms with Crippen molar-refractivity contribution in [2.45, 2.75) is 57.5 Å². The van der Waals surface area contributed by atoms with Crippen LogP contribution in [0.3, 0.4) is 0 Å². The topological polar surface area (TPSA) is 105 Å². The number of rotatable bonds is 6. The number of hydrogen-bond acceptors (Lipinski definition) is 6. The van der Waals surface area contributed by atoms with Crippen LogP contribution in [0.4, 0.5) is 8.78 Å². The lowest BCUT2D eigenvalue weighted by molar-refractivity contribution is -0.136. The molecule has 10 heteroatoms. The smallest absolute Gasteiger partial charge is 0.255 e. The molecule has 3 amide bonds. The quantitative estimate of drug-likeness (QED) is 0.431. The fourth-order valence-corrected chi connectivity index (χ4v) is 5.59. The molecule has 8 nitrogen and oxygen atoms in total. The molecule has 6 rings (SSSR count). The van der Waals surface area contributed by atoms with Gasteiger partial charge in [-0.15, -0.1) is 0 Å². The molecule has 0 aliphatic carbocycles. The summed E-state index contributed by atoms with van der Waals surface area (Å²) in [5.41, 5.74) is 7.90.